The van der Waals surface area contributed by atoms with Gasteiger partial charge in [-0.25, -0.2) is 4.79 Å². The van der Waals surface area contributed by atoms with Gasteiger partial charge in [0.15, 0.2) is 0 Å². The number of ether oxygens (including phenoxy) is 1. The first-order valence-electron chi connectivity index (χ1n) is 6.98. The summed E-state index contributed by atoms with van der Waals surface area (Å²) >= 11 is 3.46. The maximum Gasteiger partial charge on any atom is 0.408 e. The van der Waals surface area contributed by atoms with Crippen LogP contribution in [0.5, 0.6) is 0 Å². The van der Waals surface area contributed by atoms with Crippen LogP contribution in [-0.2, 0) is 10.3 Å². The Kier molecular flexibility index (Phi) is 4.60. The molecule has 1 atom stereocenters. The van der Waals surface area contributed by atoms with Crippen molar-refractivity contribution in [3.63, 3.8) is 0 Å². The Morgan fingerprint density at radius 2 is 2.00 bits per heavy atom. The first-order valence-corrected chi connectivity index (χ1v) is 7.77. The van der Waals surface area contributed by atoms with Crippen molar-refractivity contribution >= 4 is 22.0 Å². The monoisotopic (exact) mass is 365 g/mol. The average molecular weight is 366 g/mol. The van der Waals surface area contributed by atoms with Crippen molar-refractivity contribution in [3.8, 4) is 0 Å². The van der Waals surface area contributed by atoms with Gasteiger partial charge in [-0.15, -0.1) is 0 Å². The van der Waals surface area contributed by atoms with E-state index in [1.165, 1.54) is 0 Å². The van der Waals surface area contributed by atoms with Gasteiger partial charge in [-0.3, -0.25) is 5.10 Å². The number of alkyl carbamates (subject to hydrolysis) is 1. The molecule has 2 aromatic rings. The molecule has 2 N–H and O–H groups in total. The minimum atomic E-state index is -0.799. The molecule has 0 fully saturated rings. The summed E-state index contributed by atoms with van der Waals surface area (Å²) in [4.78, 5) is 12.2. The molecule has 1 aromatic heterocycles. The van der Waals surface area contributed by atoms with Crippen molar-refractivity contribution in [1.82, 2.24) is 15.5 Å². The molecule has 1 amide bonds. The third-order valence-electron chi connectivity index (χ3n) is 3.17. The SMILES string of the molecule is CC(C)(C)OC(=O)NC(C)(c1cccc(Br)c1)c1cc[nH]n1. The predicted molar refractivity (Wildman–Crippen MR) is 88.6 cm³/mol. The van der Waals surface area contributed by atoms with Crippen molar-refractivity contribution in [2.45, 2.75) is 38.8 Å². The summed E-state index contributed by atoms with van der Waals surface area (Å²) in [5, 5.41) is 9.95. The van der Waals surface area contributed by atoms with E-state index >= 15 is 0 Å². The second-order valence-electron chi connectivity index (χ2n) is 6.22. The molecule has 6 heteroatoms. The van der Waals surface area contributed by atoms with Gasteiger partial charge in [0.25, 0.3) is 0 Å². The number of carbonyl (C=O) groups is 1. The van der Waals surface area contributed by atoms with Crippen LogP contribution in [0.2, 0.25) is 0 Å². The van der Waals surface area contributed by atoms with Gasteiger partial charge in [0.1, 0.15) is 11.1 Å². The summed E-state index contributed by atoms with van der Waals surface area (Å²) in [5.41, 5.74) is 0.247. The summed E-state index contributed by atoms with van der Waals surface area (Å²) in [6.45, 7) is 7.39. The summed E-state index contributed by atoms with van der Waals surface area (Å²) in [6, 6.07) is 9.57. The smallest absolute Gasteiger partial charge is 0.408 e. The summed E-state index contributed by atoms with van der Waals surface area (Å²) in [6.07, 6.45) is 1.24. The van der Waals surface area contributed by atoms with Gasteiger partial charge in [-0.2, -0.15) is 5.10 Å². The fourth-order valence-corrected chi connectivity index (χ4v) is 2.53. The number of nitrogens with one attached hydrogen (secondary N) is 2. The highest BCUT2D eigenvalue weighted by Crippen LogP contribution is 2.30. The Bertz CT molecular complexity index is 650. The van der Waals surface area contributed by atoms with Gasteiger partial charge in [0.2, 0.25) is 0 Å². The lowest BCUT2D eigenvalue weighted by molar-refractivity contribution is 0.0477. The Morgan fingerprint density at radius 3 is 2.55 bits per heavy atom. The van der Waals surface area contributed by atoms with Crippen molar-refractivity contribution in [2.75, 3.05) is 0 Å². The highest BCUT2D eigenvalue weighted by atomic mass is 79.9. The third-order valence-corrected chi connectivity index (χ3v) is 3.66. The van der Waals surface area contributed by atoms with E-state index in [0.717, 1.165) is 10.0 Å². The number of rotatable bonds is 3. The van der Waals surface area contributed by atoms with Crippen molar-refractivity contribution in [1.29, 1.82) is 0 Å². The summed E-state index contributed by atoms with van der Waals surface area (Å²) in [7, 11) is 0. The number of aromatic nitrogens is 2. The lowest BCUT2D eigenvalue weighted by Crippen LogP contribution is -2.46. The molecular weight excluding hydrogens is 346 g/mol. The van der Waals surface area contributed by atoms with Crippen LogP contribution in [0.25, 0.3) is 0 Å². The van der Waals surface area contributed by atoms with Gasteiger partial charge in [-0.05, 0) is 51.5 Å². The lowest BCUT2D eigenvalue weighted by atomic mass is 9.89. The van der Waals surface area contributed by atoms with E-state index in [4.69, 9.17) is 4.74 Å². The summed E-state index contributed by atoms with van der Waals surface area (Å²) in [5.74, 6) is 0. The highest BCUT2D eigenvalue weighted by molar-refractivity contribution is 9.10. The molecular formula is C16H20BrN3O2. The number of amides is 1. The number of hydrogen-bond donors (Lipinski definition) is 2. The molecule has 2 rings (SSSR count). The van der Waals surface area contributed by atoms with E-state index < -0.39 is 17.2 Å². The molecule has 0 radical (unpaired) electrons. The molecule has 1 aromatic carbocycles. The van der Waals surface area contributed by atoms with Crippen molar-refractivity contribution < 1.29 is 9.53 Å². The number of nitrogens with zero attached hydrogens (tertiary/aromatic N) is 1. The molecule has 1 heterocycles. The molecule has 0 aliphatic heterocycles. The maximum absolute atomic E-state index is 12.2. The van der Waals surface area contributed by atoms with Crippen LogP contribution in [0.15, 0.2) is 41.0 Å². The standard InChI is InChI=1S/C16H20BrN3O2/c1-15(2,3)22-14(21)19-16(4,13-8-9-18-20-13)11-6-5-7-12(17)10-11/h5-10H,1-4H3,(H,18,20)(H,19,21). The Labute approximate surface area is 138 Å². The van der Waals surface area contributed by atoms with Gasteiger partial charge in [-0.1, -0.05) is 28.1 Å². The topological polar surface area (TPSA) is 67.0 Å². The van der Waals surface area contributed by atoms with Gasteiger partial charge in [0, 0.05) is 10.7 Å². The van der Waals surface area contributed by atoms with Crippen molar-refractivity contribution in [2.24, 2.45) is 0 Å². The zero-order valence-corrected chi connectivity index (χ0v) is 14.7. The summed E-state index contributed by atoms with van der Waals surface area (Å²) < 4.78 is 6.31. The molecule has 5 nitrogen and oxygen atoms in total. The maximum atomic E-state index is 12.2. The van der Waals surface area contributed by atoms with E-state index in [0.29, 0.717) is 5.69 Å². The quantitative estimate of drug-likeness (QED) is 0.864. The minimum absolute atomic E-state index is 0.488. The number of halogens is 1. The second kappa shape index (κ2) is 6.12. The molecule has 0 aliphatic rings. The minimum Gasteiger partial charge on any atom is -0.444 e. The van der Waals surface area contributed by atoms with Crippen LogP contribution in [0, 0.1) is 0 Å². The Balaban J connectivity index is 2.37. The second-order valence-corrected chi connectivity index (χ2v) is 7.14. The fraction of sp³-hybridized carbons (Fsp3) is 0.375. The Hall–Kier alpha value is -1.82. The van der Waals surface area contributed by atoms with Crippen molar-refractivity contribution in [3.05, 3.63) is 52.3 Å². The van der Waals surface area contributed by atoms with E-state index in [1.807, 2.05) is 58.0 Å². The average Bonchev–Trinajstić information content (AvgIpc) is 2.90. The fourth-order valence-electron chi connectivity index (χ4n) is 2.13. The molecule has 0 spiro atoms. The van der Waals surface area contributed by atoms with Crippen LogP contribution < -0.4 is 5.32 Å². The lowest BCUT2D eigenvalue weighted by Gasteiger charge is -2.31. The number of carbonyl (C=O) groups excluding carboxylic acids is 1. The van der Waals surface area contributed by atoms with Gasteiger partial charge < -0.3 is 10.1 Å². The number of aromatic amines is 1. The van der Waals surface area contributed by atoms with Gasteiger partial charge in [0.05, 0.1) is 5.69 Å². The van der Waals surface area contributed by atoms with E-state index in [-0.39, 0.29) is 0 Å². The molecule has 22 heavy (non-hydrogen) atoms. The first-order chi connectivity index (χ1) is 10.2. The van der Waals surface area contributed by atoms with Crippen LogP contribution in [0.3, 0.4) is 0 Å². The third kappa shape index (κ3) is 3.88. The van der Waals surface area contributed by atoms with Gasteiger partial charge >= 0.3 is 6.09 Å². The van der Waals surface area contributed by atoms with Crippen LogP contribution in [0.4, 0.5) is 4.79 Å². The first kappa shape index (κ1) is 16.5. The van der Waals surface area contributed by atoms with Crippen LogP contribution in [0.1, 0.15) is 39.0 Å². The van der Waals surface area contributed by atoms with E-state index in [1.54, 1.807) is 6.20 Å². The molecule has 118 valence electrons. The Morgan fingerprint density at radius 1 is 1.27 bits per heavy atom. The highest BCUT2D eigenvalue weighted by Gasteiger charge is 2.34. The molecule has 0 saturated carbocycles. The molecule has 0 bridgehead atoms. The largest absolute Gasteiger partial charge is 0.444 e. The predicted octanol–water partition coefficient (Wildman–Crippen LogP) is 3.96. The zero-order chi connectivity index (χ0) is 16.4. The molecule has 0 saturated heterocycles. The number of hydrogen-bond acceptors (Lipinski definition) is 3. The number of H-pyrrole nitrogens is 1. The van der Waals surface area contributed by atoms with Crippen LogP contribution in [-0.4, -0.2) is 21.9 Å². The van der Waals surface area contributed by atoms with E-state index in [2.05, 4.69) is 31.4 Å². The molecule has 1 unspecified atom stereocenters. The number of benzene rings is 1. The van der Waals surface area contributed by atoms with Crippen LogP contribution >= 0.6 is 15.9 Å². The zero-order valence-electron chi connectivity index (χ0n) is 13.1. The molecule has 0 aliphatic carbocycles. The van der Waals surface area contributed by atoms with E-state index in [9.17, 15) is 4.79 Å². The normalized spacial score (nSPS) is 14.2.